The highest BCUT2D eigenvalue weighted by Crippen LogP contribution is 2.45. The zero-order valence-corrected chi connectivity index (χ0v) is 9.02. The normalized spacial score (nSPS) is 26.9. The van der Waals surface area contributed by atoms with Gasteiger partial charge in [0, 0.05) is 17.5 Å². The lowest BCUT2D eigenvalue weighted by atomic mass is 9.75. The van der Waals surface area contributed by atoms with E-state index >= 15 is 0 Å². The molecule has 3 heteroatoms. The van der Waals surface area contributed by atoms with Gasteiger partial charge in [-0.2, -0.15) is 0 Å². The van der Waals surface area contributed by atoms with Gasteiger partial charge in [-0.3, -0.25) is 9.79 Å². The van der Waals surface area contributed by atoms with Gasteiger partial charge in [0.2, 0.25) is 5.91 Å². The van der Waals surface area contributed by atoms with Gasteiger partial charge >= 0.3 is 0 Å². The molecule has 0 bridgehead atoms. The number of carbonyl (C=O) groups is 1. The van der Waals surface area contributed by atoms with Crippen molar-refractivity contribution in [3.8, 4) is 0 Å². The molecule has 0 saturated heterocycles. The lowest BCUT2D eigenvalue weighted by molar-refractivity contribution is -0.122. The number of nitrogens with two attached hydrogens (primary N) is 1. The van der Waals surface area contributed by atoms with Gasteiger partial charge in [0.15, 0.2) is 0 Å². The summed E-state index contributed by atoms with van der Waals surface area (Å²) in [6.45, 7) is 0. The van der Waals surface area contributed by atoms with Gasteiger partial charge in [-0.1, -0.05) is 18.2 Å². The highest BCUT2D eigenvalue weighted by Gasteiger charge is 2.38. The average molecular weight is 214 g/mol. The van der Waals surface area contributed by atoms with Gasteiger partial charge in [-0.05, 0) is 30.9 Å². The van der Waals surface area contributed by atoms with Gasteiger partial charge in [0.1, 0.15) is 0 Å². The van der Waals surface area contributed by atoms with Crippen LogP contribution < -0.4 is 5.73 Å². The molecular weight excluding hydrogens is 200 g/mol. The van der Waals surface area contributed by atoms with E-state index in [1.807, 2.05) is 18.2 Å². The van der Waals surface area contributed by atoms with Crippen molar-refractivity contribution in [1.82, 2.24) is 0 Å². The molecule has 2 atom stereocenters. The average Bonchev–Trinajstić information content (AvgIpc) is 2.66. The summed E-state index contributed by atoms with van der Waals surface area (Å²) in [5.74, 6) is -0.0901. The highest BCUT2D eigenvalue weighted by atomic mass is 16.1. The predicted molar refractivity (Wildman–Crippen MR) is 62.8 cm³/mol. The van der Waals surface area contributed by atoms with E-state index in [-0.39, 0.29) is 17.7 Å². The number of benzene rings is 1. The van der Waals surface area contributed by atoms with Crippen LogP contribution >= 0.6 is 0 Å². The topological polar surface area (TPSA) is 55.5 Å². The minimum atomic E-state index is -0.186. The summed E-state index contributed by atoms with van der Waals surface area (Å²) < 4.78 is 0. The molecule has 1 fully saturated rings. The van der Waals surface area contributed by atoms with Crippen molar-refractivity contribution in [1.29, 1.82) is 0 Å². The van der Waals surface area contributed by atoms with Crippen LogP contribution in [0.15, 0.2) is 29.3 Å². The fourth-order valence-corrected chi connectivity index (χ4v) is 2.89. The number of aliphatic imine (C=N–C) groups is 1. The summed E-state index contributed by atoms with van der Waals surface area (Å²) in [6.07, 6.45) is 2.92. The zero-order valence-electron chi connectivity index (χ0n) is 9.02. The van der Waals surface area contributed by atoms with Crippen molar-refractivity contribution in [2.75, 3.05) is 0 Å². The molecule has 2 aliphatic rings. The second-order valence-electron chi connectivity index (χ2n) is 4.54. The van der Waals surface area contributed by atoms with E-state index in [0.717, 1.165) is 30.7 Å². The second kappa shape index (κ2) is 3.44. The van der Waals surface area contributed by atoms with E-state index in [9.17, 15) is 4.79 Å². The number of amides is 1. The van der Waals surface area contributed by atoms with E-state index in [2.05, 4.69) is 11.1 Å². The fourth-order valence-electron chi connectivity index (χ4n) is 2.89. The Labute approximate surface area is 94.4 Å². The monoisotopic (exact) mass is 214 g/mol. The van der Waals surface area contributed by atoms with Crippen LogP contribution in [0.4, 0.5) is 5.69 Å². The third-order valence-electron chi connectivity index (χ3n) is 3.61. The Bertz CT molecular complexity index is 479. The summed E-state index contributed by atoms with van der Waals surface area (Å²) in [5, 5.41) is 0. The quantitative estimate of drug-likeness (QED) is 0.765. The fraction of sp³-hybridized carbons (Fsp3) is 0.385. The first kappa shape index (κ1) is 9.58. The van der Waals surface area contributed by atoms with Crippen LogP contribution in [-0.4, -0.2) is 11.6 Å². The lowest BCUT2D eigenvalue weighted by Crippen LogP contribution is -2.34. The third-order valence-corrected chi connectivity index (χ3v) is 3.61. The maximum Gasteiger partial charge on any atom is 0.221 e. The molecule has 1 amide bonds. The van der Waals surface area contributed by atoms with Crippen LogP contribution in [0.1, 0.15) is 30.7 Å². The number of hydrogen-bond acceptors (Lipinski definition) is 2. The van der Waals surface area contributed by atoms with E-state index in [1.54, 1.807) is 0 Å². The number of fused-ring (bicyclic) bond motifs is 3. The van der Waals surface area contributed by atoms with Crippen LogP contribution in [-0.2, 0) is 4.79 Å². The minimum absolute atomic E-state index is 0.0591. The molecule has 1 aliphatic carbocycles. The number of rotatable bonds is 1. The van der Waals surface area contributed by atoms with Crippen molar-refractivity contribution in [3.05, 3.63) is 29.8 Å². The largest absolute Gasteiger partial charge is 0.369 e. The highest BCUT2D eigenvalue weighted by molar-refractivity contribution is 6.02. The standard InChI is InChI=1S/C13H14N2O/c14-13(16)9-5-3-7-11-12(9)8-4-1-2-6-10(8)15-11/h1-2,4,6,9,12H,3,5,7H2,(H2,14,16). The van der Waals surface area contributed by atoms with Gasteiger partial charge in [-0.25, -0.2) is 0 Å². The number of nitrogens with zero attached hydrogens (tertiary/aromatic N) is 1. The molecule has 0 spiro atoms. The molecule has 3 rings (SSSR count). The number of para-hydroxylation sites is 1. The van der Waals surface area contributed by atoms with Gasteiger partial charge < -0.3 is 5.73 Å². The first-order chi connectivity index (χ1) is 7.77. The van der Waals surface area contributed by atoms with Crippen LogP contribution in [0, 0.1) is 5.92 Å². The maximum absolute atomic E-state index is 11.5. The number of carbonyl (C=O) groups excluding carboxylic acids is 1. The Kier molecular flexibility index (Phi) is 2.06. The molecule has 1 saturated carbocycles. The summed E-state index contributed by atoms with van der Waals surface area (Å²) in [4.78, 5) is 16.1. The summed E-state index contributed by atoms with van der Waals surface area (Å²) in [7, 11) is 0. The molecule has 16 heavy (non-hydrogen) atoms. The van der Waals surface area contributed by atoms with Crippen molar-refractivity contribution < 1.29 is 4.79 Å². The maximum atomic E-state index is 11.5. The lowest BCUT2D eigenvalue weighted by Gasteiger charge is -2.27. The predicted octanol–water partition coefficient (Wildman–Crippen LogP) is 2.14. The van der Waals surface area contributed by atoms with Crippen molar-refractivity contribution in [2.24, 2.45) is 16.6 Å². The molecule has 0 aromatic heterocycles. The first-order valence-electron chi connectivity index (χ1n) is 5.73. The van der Waals surface area contributed by atoms with E-state index in [1.165, 1.54) is 5.56 Å². The molecule has 82 valence electrons. The second-order valence-corrected chi connectivity index (χ2v) is 4.54. The van der Waals surface area contributed by atoms with Crippen molar-refractivity contribution >= 4 is 17.3 Å². The van der Waals surface area contributed by atoms with Crippen molar-refractivity contribution in [3.63, 3.8) is 0 Å². The first-order valence-corrected chi connectivity index (χ1v) is 5.73. The number of primary amides is 1. The van der Waals surface area contributed by atoms with Gasteiger partial charge in [0.25, 0.3) is 0 Å². The summed E-state index contributed by atoms with van der Waals surface area (Å²) in [5.41, 5.74) is 8.84. The van der Waals surface area contributed by atoms with Crippen LogP contribution in [0.25, 0.3) is 0 Å². The molecule has 2 unspecified atom stereocenters. The molecule has 1 aromatic rings. The molecule has 0 radical (unpaired) electrons. The van der Waals surface area contributed by atoms with Crippen molar-refractivity contribution in [2.45, 2.75) is 25.2 Å². The van der Waals surface area contributed by atoms with Crippen LogP contribution in [0.3, 0.4) is 0 Å². The van der Waals surface area contributed by atoms with Gasteiger partial charge in [-0.15, -0.1) is 0 Å². The Morgan fingerprint density at radius 2 is 2.19 bits per heavy atom. The summed E-state index contributed by atoms with van der Waals surface area (Å²) >= 11 is 0. The Hall–Kier alpha value is -1.64. The molecule has 1 aromatic carbocycles. The third kappa shape index (κ3) is 1.28. The van der Waals surface area contributed by atoms with E-state index in [4.69, 9.17) is 5.73 Å². The SMILES string of the molecule is NC(=O)C1CCCC2=Nc3ccccc3C21. The Morgan fingerprint density at radius 1 is 1.38 bits per heavy atom. The summed E-state index contributed by atoms with van der Waals surface area (Å²) in [6, 6.07) is 8.07. The molecule has 1 heterocycles. The molecule has 3 nitrogen and oxygen atoms in total. The Morgan fingerprint density at radius 3 is 3.00 bits per heavy atom. The molecule has 2 N–H and O–H groups in total. The van der Waals surface area contributed by atoms with Gasteiger partial charge in [0.05, 0.1) is 5.69 Å². The van der Waals surface area contributed by atoms with E-state index in [0.29, 0.717) is 0 Å². The molecular formula is C13H14N2O. The number of hydrogen-bond donors (Lipinski definition) is 1. The minimum Gasteiger partial charge on any atom is -0.369 e. The smallest absolute Gasteiger partial charge is 0.221 e. The van der Waals surface area contributed by atoms with Crippen LogP contribution in [0.5, 0.6) is 0 Å². The molecule has 1 aliphatic heterocycles. The zero-order chi connectivity index (χ0) is 11.1. The Balaban J connectivity index is 2.08. The van der Waals surface area contributed by atoms with E-state index < -0.39 is 0 Å². The van der Waals surface area contributed by atoms with Crippen LogP contribution in [0.2, 0.25) is 0 Å².